The molecule has 0 unspecified atom stereocenters. The lowest BCUT2D eigenvalue weighted by atomic mass is 9.78. The number of guanidine groups is 1. The molecule has 0 radical (unpaired) electrons. The minimum Gasteiger partial charge on any atom is -0.496 e. The molecule has 1 fully saturated rings. The summed E-state index contributed by atoms with van der Waals surface area (Å²) in [5.41, 5.74) is 2.31. The van der Waals surface area contributed by atoms with Crippen LogP contribution in [0.4, 0.5) is 0 Å². The van der Waals surface area contributed by atoms with E-state index in [2.05, 4.69) is 27.8 Å². The smallest absolute Gasteiger partial charge is 0.203 e. The molecule has 2 aromatic rings. The molecule has 7 heteroatoms. The number of aliphatic imine (C=N–C) groups is 1. The summed E-state index contributed by atoms with van der Waals surface area (Å²) in [7, 11) is 8.37. The Morgan fingerprint density at radius 3 is 2.06 bits per heavy atom. The maximum atomic E-state index is 5.68. The zero-order valence-corrected chi connectivity index (χ0v) is 19.8. The monoisotopic (exact) mass is 441 g/mol. The van der Waals surface area contributed by atoms with Crippen LogP contribution in [0, 0.1) is 0 Å². The molecule has 2 N–H and O–H groups in total. The fraction of sp³-hybridized carbons (Fsp3) is 0.480. The van der Waals surface area contributed by atoms with E-state index in [1.165, 1.54) is 18.4 Å². The summed E-state index contributed by atoms with van der Waals surface area (Å²) in [4.78, 5) is 4.43. The summed E-state index contributed by atoms with van der Waals surface area (Å²) in [6, 6.07) is 12.2. The highest BCUT2D eigenvalue weighted by molar-refractivity contribution is 5.79. The Morgan fingerprint density at radius 2 is 1.50 bits per heavy atom. The highest BCUT2D eigenvalue weighted by Crippen LogP contribution is 2.44. The van der Waals surface area contributed by atoms with Crippen LogP contribution in [0.5, 0.6) is 23.0 Å². The lowest BCUT2D eigenvalue weighted by molar-refractivity contribution is 0.323. The van der Waals surface area contributed by atoms with Crippen molar-refractivity contribution >= 4 is 5.96 Å². The van der Waals surface area contributed by atoms with Gasteiger partial charge in [-0.1, -0.05) is 31.0 Å². The summed E-state index contributed by atoms with van der Waals surface area (Å²) in [5.74, 6) is 3.55. The van der Waals surface area contributed by atoms with Gasteiger partial charge >= 0.3 is 0 Å². The number of hydrogen-bond acceptors (Lipinski definition) is 5. The van der Waals surface area contributed by atoms with Crippen LogP contribution >= 0.6 is 0 Å². The fourth-order valence-electron chi connectivity index (χ4n) is 4.57. The molecule has 1 saturated carbocycles. The largest absolute Gasteiger partial charge is 0.496 e. The van der Waals surface area contributed by atoms with Crippen molar-refractivity contribution in [1.82, 2.24) is 10.6 Å². The predicted octanol–water partition coefficient (Wildman–Crippen LogP) is 3.90. The van der Waals surface area contributed by atoms with Crippen molar-refractivity contribution in [2.45, 2.75) is 37.6 Å². The van der Waals surface area contributed by atoms with E-state index < -0.39 is 0 Å². The lowest BCUT2D eigenvalue weighted by Gasteiger charge is -2.32. The van der Waals surface area contributed by atoms with Crippen LogP contribution < -0.4 is 29.6 Å². The van der Waals surface area contributed by atoms with E-state index in [0.29, 0.717) is 23.8 Å². The third-order valence-corrected chi connectivity index (χ3v) is 6.24. The minimum atomic E-state index is 0.0385. The highest BCUT2D eigenvalue weighted by atomic mass is 16.5. The molecule has 0 aromatic heterocycles. The van der Waals surface area contributed by atoms with Gasteiger partial charge in [-0.2, -0.15) is 0 Å². The van der Waals surface area contributed by atoms with Crippen LogP contribution in [0.15, 0.2) is 41.4 Å². The molecular weight excluding hydrogens is 406 g/mol. The Kier molecular flexibility index (Phi) is 8.09. The van der Waals surface area contributed by atoms with Crippen molar-refractivity contribution in [1.29, 1.82) is 0 Å². The maximum absolute atomic E-state index is 5.68. The number of benzene rings is 2. The molecule has 0 aliphatic heterocycles. The van der Waals surface area contributed by atoms with Crippen LogP contribution in [0.2, 0.25) is 0 Å². The third kappa shape index (κ3) is 5.03. The molecule has 3 rings (SSSR count). The summed E-state index contributed by atoms with van der Waals surface area (Å²) in [6.07, 6.45) is 4.70. The molecule has 0 spiro atoms. The topological polar surface area (TPSA) is 73.3 Å². The second-order valence-corrected chi connectivity index (χ2v) is 8.00. The van der Waals surface area contributed by atoms with E-state index in [0.717, 1.165) is 36.7 Å². The Hall–Kier alpha value is -3.09. The van der Waals surface area contributed by atoms with E-state index in [4.69, 9.17) is 18.9 Å². The summed E-state index contributed by atoms with van der Waals surface area (Å²) >= 11 is 0. The van der Waals surface area contributed by atoms with Gasteiger partial charge in [-0.15, -0.1) is 0 Å². The molecule has 32 heavy (non-hydrogen) atoms. The number of nitrogens with zero attached hydrogens (tertiary/aromatic N) is 1. The first-order valence-corrected chi connectivity index (χ1v) is 11.0. The van der Waals surface area contributed by atoms with Gasteiger partial charge in [0.1, 0.15) is 5.75 Å². The Labute approximate surface area is 191 Å². The summed E-state index contributed by atoms with van der Waals surface area (Å²) in [5, 5.41) is 6.95. The zero-order chi connectivity index (χ0) is 23.0. The van der Waals surface area contributed by atoms with E-state index in [1.807, 2.05) is 24.3 Å². The number of hydrogen-bond donors (Lipinski definition) is 2. The van der Waals surface area contributed by atoms with Crippen LogP contribution in [-0.4, -0.2) is 48.0 Å². The van der Waals surface area contributed by atoms with Crippen LogP contribution in [-0.2, 0) is 12.0 Å². The minimum absolute atomic E-state index is 0.0385. The van der Waals surface area contributed by atoms with Gasteiger partial charge in [0.25, 0.3) is 0 Å². The highest BCUT2D eigenvalue weighted by Gasteiger charge is 2.37. The molecule has 0 atom stereocenters. The molecular formula is C25H35N3O4. The van der Waals surface area contributed by atoms with Crippen molar-refractivity contribution in [2.75, 3.05) is 42.0 Å². The first-order chi connectivity index (χ1) is 15.6. The van der Waals surface area contributed by atoms with E-state index >= 15 is 0 Å². The third-order valence-electron chi connectivity index (χ3n) is 6.24. The standard InChI is InChI=1S/C25H35N3O4/c1-26-24(27-16-18-14-21(30-3)23(32-5)22(15-18)31-4)28-17-25(12-8-9-13-25)19-10-6-7-11-20(19)29-2/h6-7,10-11,14-15H,8-9,12-13,16-17H2,1-5H3,(H2,26,27,28). The number of para-hydroxylation sites is 1. The second-order valence-electron chi connectivity index (χ2n) is 8.00. The Balaban J connectivity index is 1.71. The average Bonchev–Trinajstić information content (AvgIpc) is 3.33. The fourth-order valence-corrected chi connectivity index (χ4v) is 4.57. The molecule has 1 aliphatic rings. The van der Waals surface area contributed by atoms with Crippen molar-refractivity contribution in [2.24, 2.45) is 4.99 Å². The summed E-state index contributed by atoms with van der Waals surface area (Å²) < 4.78 is 22.0. The van der Waals surface area contributed by atoms with Crippen LogP contribution in [0.25, 0.3) is 0 Å². The molecule has 174 valence electrons. The Bertz CT molecular complexity index is 898. The van der Waals surface area contributed by atoms with E-state index in [1.54, 1.807) is 35.5 Å². The quantitative estimate of drug-likeness (QED) is 0.454. The van der Waals surface area contributed by atoms with Gasteiger partial charge in [-0.3, -0.25) is 4.99 Å². The molecule has 0 amide bonds. The van der Waals surface area contributed by atoms with E-state index in [-0.39, 0.29) is 5.41 Å². The molecule has 0 bridgehead atoms. The molecule has 0 saturated heterocycles. The van der Waals surface area contributed by atoms with Gasteiger partial charge in [0.05, 0.1) is 28.4 Å². The van der Waals surface area contributed by atoms with Gasteiger partial charge in [0.15, 0.2) is 17.5 Å². The summed E-state index contributed by atoms with van der Waals surface area (Å²) in [6.45, 7) is 1.36. The van der Waals surface area contributed by atoms with Crippen molar-refractivity contribution in [3.8, 4) is 23.0 Å². The predicted molar refractivity (Wildman–Crippen MR) is 127 cm³/mol. The molecule has 7 nitrogen and oxygen atoms in total. The van der Waals surface area contributed by atoms with Crippen molar-refractivity contribution in [3.05, 3.63) is 47.5 Å². The maximum Gasteiger partial charge on any atom is 0.203 e. The SMILES string of the molecule is CN=C(NCc1cc(OC)c(OC)c(OC)c1)NCC1(c2ccccc2OC)CCCC1. The van der Waals surface area contributed by atoms with Gasteiger partial charge in [0.2, 0.25) is 5.75 Å². The van der Waals surface area contributed by atoms with Crippen molar-refractivity contribution < 1.29 is 18.9 Å². The average molecular weight is 442 g/mol. The molecule has 2 aromatic carbocycles. The van der Waals surface area contributed by atoms with Gasteiger partial charge in [0, 0.05) is 31.1 Å². The van der Waals surface area contributed by atoms with Crippen molar-refractivity contribution in [3.63, 3.8) is 0 Å². The van der Waals surface area contributed by atoms with Crippen LogP contribution in [0.1, 0.15) is 36.8 Å². The number of methoxy groups -OCH3 is 4. The number of nitrogens with one attached hydrogen (secondary N) is 2. The molecule has 0 heterocycles. The zero-order valence-electron chi connectivity index (χ0n) is 19.8. The lowest BCUT2D eigenvalue weighted by Crippen LogP contribution is -2.44. The van der Waals surface area contributed by atoms with Gasteiger partial charge < -0.3 is 29.6 Å². The van der Waals surface area contributed by atoms with Gasteiger partial charge in [-0.05, 0) is 36.6 Å². The molecule has 1 aliphatic carbocycles. The Morgan fingerprint density at radius 1 is 0.875 bits per heavy atom. The first-order valence-electron chi connectivity index (χ1n) is 11.0. The normalized spacial score (nSPS) is 15.2. The number of rotatable bonds is 9. The van der Waals surface area contributed by atoms with E-state index in [9.17, 15) is 0 Å². The van der Waals surface area contributed by atoms with Crippen LogP contribution in [0.3, 0.4) is 0 Å². The second kappa shape index (κ2) is 11.0. The van der Waals surface area contributed by atoms with Gasteiger partial charge in [-0.25, -0.2) is 0 Å². The first kappa shape index (κ1) is 23.6. The number of ether oxygens (including phenoxy) is 4.